The van der Waals surface area contributed by atoms with E-state index in [4.69, 9.17) is 23.2 Å². The standard InChI is InChI=1S/C18H20Cl2N4O3S/c1-2-23-8-10-24(11-9-23)28(26,27)14-5-3-4-13(12-14)21-18(25)15-6-7-16(19)22-17(15)20/h3-7,12H,2,8-11H2,1H3,(H,21,25). The number of pyridine rings is 1. The number of sulfonamides is 1. The topological polar surface area (TPSA) is 82.6 Å². The molecule has 28 heavy (non-hydrogen) atoms. The predicted octanol–water partition coefficient (Wildman–Crippen LogP) is 2.97. The van der Waals surface area contributed by atoms with Crippen molar-refractivity contribution in [3.05, 3.63) is 52.3 Å². The highest BCUT2D eigenvalue weighted by molar-refractivity contribution is 7.89. The van der Waals surface area contributed by atoms with Gasteiger partial charge in [0.05, 0.1) is 10.5 Å². The molecule has 0 spiro atoms. The average Bonchev–Trinajstić information content (AvgIpc) is 2.68. The van der Waals surface area contributed by atoms with Gasteiger partial charge in [0, 0.05) is 31.9 Å². The summed E-state index contributed by atoms with van der Waals surface area (Å²) in [6.45, 7) is 5.25. The molecule has 1 aromatic carbocycles. The third kappa shape index (κ3) is 4.64. The van der Waals surface area contributed by atoms with E-state index >= 15 is 0 Å². The number of nitrogens with zero attached hydrogens (tertiary/aromatic N) is 3. The van der Waals surface area contributed by atoms with Crippen LogP contribution in [0.3, 0.4) is 0 Å². The Morgan fingerprint density at radius 2 is 1.86 bits per heavy atom. The molecule has 150 valence electrons. The quantitative estimate of drug-likeness (QED) is 0.719. The maximum Gasteiger partial charge on any atom is 0.258 e. The van der Waals surface area contributed by atoms with Crippen molar-refractivity contribution in [3.63, 3.8) is 0 Å². The molecule has 2 heterocycles. The molecule has 7 nitrogen and oxygen atoms in total. The second kappa shape index (κ2) is 8.75. The molecular weight excluding hydrogens is 423 g/mol. The number of carbonyl (C=O) groups is 1. The molecule has 3 rings (SSSR count). The van der Waals surface area contributed by atoms with E-state index < -0.39 is 15.9 Å². The minimum Gasteiger partial charge on any atom is -0.322 e. The number of rotatable bonds is 5. The first-order chi connectivity index (χ1) is 13.3. The monoisotopic (exact) mass is 442 g/mol. The lowest BCUT2D eigenvalue weighted by molar-refractivity contribution is 0.102. The second-order valence-electron chi connectivity index (χ2n) is 6.29. The van der Waals surface area contributed by atoms with Crippen molar-refractivity contribution < 1.29 is 13.2 Å². The zero-order chi connectivity index (χ0) is 20.3. The Bertz CT molecular complexity index is 977. The number of anilines is 1. The summed E-state index contributed by atoms with van der Waals surface area (Å²) in [6, 6.07) is 9.08. The first-order valence-electron chi connectivity index (χ1n) is 8.77. The van der Waals surface area contributed by atoms with Gasteiger partial charge in [0.1, 0.15) is 10.3 Å². The molecule has 10 heteroatoms. The zero-order valence-corrected chi connectivity index (χ0v) is 17.6. The first kappa shape index (κ1) is 21.0. The van der Waals surface area contributed by atoms with Gasteiger partial charge in [-0.05, 0) is 36.9 Å². The third-order valence-corrected chi connectivity index (χ3v) is 6.96. The molecular formula is C18H20Cl2N4O3S. The molecule has 1 aliphatic heterocycles. The number of hydrogen-bond acceptors (Lipinski definition) is 5. The number of piperazine rings is 1. The smallest absolute Gasteiger partial charge is 0.258 e. The minimum atomic E-state index is -3.63. The van der Waals surface area contributed by atoms with E-state index in [1.807, 2.05) is 0 Å². The number of aromatic nitrogens is 1. The van der Waals surface area contributed by atoms with Gasteiger partial charge in [0.15, 0.2) is 0 Å². The van der Waals surface area contributed by atoms with Gasteiger partial charge in [-0.15, -0.1) is 0 Å². The van der Waals surface area contributed by atoms with Crippen LogP contribution in [0.5, 0.6) is 0 Å². The second-order valence-corrected chi connectivity index (χ2v) is 8.98. The van der Waals surface area contributed by atoms with Crippen LogP contribution in [-0.2, 0) is 10.0 Å². The summed E-state index contributed by atoms with van der Waals surface area (Å²) in [5.41, 5.74) is 0.499. The molecule has 0 radical (unpaired) electrons. The number of halogens is 2. The predicted molar refractivity (Wildman–Crippen MR) is 110 cm³/mol. The van der Waals surface area contributed by atoms with Gasteiger partial charge in [0.25, 0.3) is 5.91 Å². The molecule has 0 bridgehead atoms. The average molecular weight is 443 g/mol. The molecule has 0 atom stereocenters. The molecule has 0 unspecified atom stereocenters. The van der Waals surface area contributed by atoms with Gasteiger partial charge in [-0.2, -0.15) is 4.31 Å². The Balaban J connectivity index is 1.77. The van der Waals surface area contributed by atoms with E-state index in [2.05, 4.69) is 22.1 Å². The fraction of sp³-hybridized carbons (Fsp3) is 0.333. The lowest BCUT2D eigenvalue weighted by Gasteiger charge is -2.33. The van der Waals surface area contributed by atoms with Crippen LogP contribution in [0.4, 0.5) is 5.69 Å². The zero-order valence-electron chi connectivity index (χ0n) is 15.2. The highest BCUT2D eigenvalue weighted by Gasteiger charge is 2.28. The molecule has 1 aliphatic rings. The summed E-state index contributed by atoms with van der Waals surface area (Å²) in [5.74, 6) is -0.500. The van der Waals surface area contributed by atoms with Crippen molar-refractivity contribution in [1.82, 2.24) is 14.2 Å². The van der Waals surface area contributed by atoms with Crippen LogP contribution in [-0.4, -0.2) is 61.2 Å². The van der Waals surface area contributed by atoms with Gasteiger partial charge in [-0.1, -0.05) is 36.2 Å². The summed E-state index contributed by atoms with van der Waals surface area (Å²) in [5, 5.41) is 2.81. The Labute approximate surface area is 174 Å². The largest absolute Gasteiger partial charge is 0.322 e. The Morgan fingerprint density at radius 1 is 1.14 bits per heavy atom. The number of hydrogen-bond donors (Lipinski definition) is 1. The molecule has 1 aromatic heterocycles. The summed E-state index contributed by atoms with van der Waals surface area (Å²) in [6.07, 6.45) is 0. The maximum atomic E-state index is 12.9. The van der Waals surface area contributed by atoms with Crippen molar-refractivity contribution in [2.24, 2.45) is 0 Å². The van der Waals surface area contributed by atoms with Gasteiger partial charge in [-0.25, -0.2) is 13.4 Å². The number of nitrogens with one attached hydrogen (secondary N) is 1. The number of benzene rings is 1. The fourth-order valence-electron chi connectivity index (χ4n) is 2.95. The van der Waals surface area contributed by atoms with E-state index in [-0.39, 0.29) is 20.8 Å². The van der Waals surface area contributed by atoms with E-state index in [0.29, 0.717) is 31.9 Å². The van der Waals surface area contributed by atoms with Gasteiger partial charge < -0.3 is 10.2 Å². The molecule has 0 saturated carbocycles. The third-order valence-electron chi connectivity index (χ3n) is 4.57. The molecule has 1 N–H and O–H groups in total. The number of carbonyl (C=O) groups excluding carboxylic acids is 1. The lowest BCUT2D eigenvalue weighted by Crippen LogP contribution is -2.48. The van der Waals surface area contributed by atoms with Crippen molar-refractivity contribution >= 4 is 44.8 Å². The SMILES string of the molecule is CCN1CCN(S(=O)(=O)c2cccc(NC(=O)c3ccc(Cl)nc3Cl)c2)CC1. The van der Waals surface area contributed by atoms with Gasteiger partial charge >= 0.3 is 0 Å². The van der Waals surface area contributed by atoms with Gasteiger partial charge in [-0.3, -0.25) is 4.79 Å². The van der Waals surface area contributed by atoms with E-state index in [0.717, 1.165) is 6.54 Å². The normalized spacial score (nSPS) is 16.1. The molecule has 0 aliphatic carbocycles. The summed E-state index contributed by atoms with van der Waals surface area (Å²) in [7, 11) is -3.63. The maximum absolute atomic E-state index is 12.9. The first-order valence-corrected chi connectivity index (χ1v) is 11.0. The molecule has 1 saturated heterocycles. The minimum absolute atomic E-state index is 0.0254. The van der Waals surface area contributed by atoms with Crippen LogP contribution in [0.15, 0.2) is 41.3 Å². The van der Waals surface area contributed by atoms with Crippen LogP contribution in [0, 0.1) is 0 Å². The van der Waals surface area contributed by atoms with Crippen molar-refractivity contribution in [2.75, 3.05) is 38.0 Å². The highest BCUT2D eigenvalue weighted by atomic mass is 35.5. The Morgan fingerprint density at radius 3 is 2.50 bits per heavy atom. The van der Waals surface area contributed by atoms with Crippen LogP contribution in [0.25, 0.3) is 0 Å². The van der Waals surface area contributed by atoms with E-state index in [1.54, 1.807) is 12.1 Å². The van der Waals surface area contributed by atoms with Crippen LogP contribution in [0.2, 0.25) is 10.3 Å². The van der Waals surface area contributed by atoms with Crippen LogP contribution in [0.1, 0.15) is 17.3 Å². The highest BCUT2D eigenvalue weighted by Crippen LogP contribution is 2.23. The van der Waals surface area contributed by atoms with Crippen molar-refractivity contribution in [3.8, 4) is 0 Å². The van der Waals surface area contributed by atoms with E-state index in [1.165, 1.54) is 28.6 Å². The summed E-state index contributed by atoms with van der Waals surface area (Å²) in [4.78, 5) is 18.6. The van der Waals surface area contributed by atoms with E-state index in [9.17, 15) is 13.2 Å². The molecule has 2 aromatic rings. The Kier molecular flexibility index (Phi) is 6.57. The molecule has 1 amide bonds. The lowest BCUT2D eigenvalue weighted by atomic mass is 10.2. The summed E-state index contributed by atoms with van der Waals surface area (Å²) >= 11 is 11.7. The number of likely N-dealkylation sites (N-methyl/N-ethyl adjacent to an activating group) is 1. The van der Waals surface area contributed by atoms with Gasteiger partial charge in [0.2, 0.25) is 10.0 Å². The summed E-state index contributed by atoms with van der Waals surface area (Å²) < 4.78 is 27.3. The number of amides is 1. The van der Waals surface area contributed by atoms with Crippen molar-refractivity contribution in [2.45, 2.75) is 11.8 Å². The van der Waals surface area contributed by atoms with Crippen LogP contribution < -0.4 is 5.32 Å². The van der Waals surface area contributed by atoms with Crippen molar-refractivity contribution in [1.29, 1.82) is 0 Å². The molecule has 1 fully saturated rings. The Hall–Kier alpha value is -1.71. The van der Waals surface area contributed by atoms with Crippen LogP contribution >= 0.6 is 23.2 Å². The fourth-order valence-corrected chi connectivity index (χ4v) is 4.85.